The van der Waals surface area contributed by atoms with Crippen LogP contribution < -0.4 is 5.73 Å². The van der Waals surface area contributed by atoms with Gasteiger partial charge in [0.15, 0.2) is 0 Å². The minimum absolute atomic E-state index is 0.0161. The molecule has 0 radical (unpaired) electrons. The third kappa shape index (κ3) is 5.72. The van der Waals surface area contributed by atoms with Crippen molar-refractivity contribution < 1.29 is 9.90 Å². The number of carbonyl (C=O) groups is 1. The predicted octanol–water partition coefficient (Wildman–Crippen LogP) is 0.121. The fourth-order valence-electron chi connectivity index (χ4n) is 1.10. The molecule has 0 aromatic rings. The minimum atomic E-state index is -0.0161. The van der Waals surface area contributed by atoms with Gasteiger partial charge in [-0.1, -0.05) is 6.08 Å². The van der Waals surface area contributed by atoms with Crippen LogP contribution in [0.3, 0.4) is 0 Å². The highest BCUT2D eigenvalue weighted by Gasteiger charge is 2.11. The van der Waals surface area contributed by atoms with Crippen molar-refractivity contribution in [2.75, 3.05) is 19.7 Å². The molecule has 0 aromatic heterocycles. The third-order valence-electron chi connectivity index (χ3n) is 1.89. The molecule has 0 aromatic carbocycles. The van der Waals surface area contributed by atoms with E-state index in [2.05, 4.69) is 6.58 Å². The molecule has 4 heteroatoms. The molecule has 0 spiro atoms. The van der Waals surface area contributed by atoms with Gasteiger partial charge in [0.25, 0.3) is 0 Å². The van der Waals surface area contributed by atoms with Gasteiger partial charge in [-0.15, -0.1) is 6.58 Å². The van der Waals surface area contributed by atoms with E-state index in [0.717, 1.165) is 0 Å². The van der Waals surface area contributed by atoms with E-state index < -0.39 is 0 Å². The molecule has 14 heavy (non-hydrogen) atoms. The van der Waals surface area contributed by atoms with Crippen LogP contribution in [0.5, 0.6) is 0 Å². The summed E-state index contributed by atoms with van der Waals surface area (Å²) in [6, 6.07) is 0.0404. The highest BCUT2D eigenvalue weighted by Crippen LogP contribution is 2.00. The average molecular weight is 200 g/mol. The van der Waals surface area contributed by atoms with Crippen molar-refractivity contribution in [3.8, 4) is 0 Å². The first-order valence-corrected chi connectivity index (χ1v) is 4.87. The molecule has 82 valence electrons. The Kier molecular flexibility index (Phi) is 7.06. The number of nitrogens with zero attached hydrogens (tertiary/aromatic N) is 1. The molecule has 0 aliphatic rings. The lowest BCUT2D eigenvalue weighted by atomic mass is 10.2. The Bertz CT molecular complexity index is 181. The smallest absolute Gasteiger partial charge is 0.222 e. The first kappa shape index (κ1) is 13.1. The zero-order valence-corrected chi connectivity index (χ0v) is 8.78. The van der Waals surface area contributed by atoms with Crippen LogP contribution in [-0.2, 0) is 4.79 Å². The maximum Gasteiger partial charge on any atom is 0.222 e. The molecule has 3 N–H and O–H groups in total. The second-order valence-corrected chi connectivity index (χ2v) is 3.37. The molecule has 0 saturated carbocycles. The van der Waals surface area contributed by atoms with Gasteiger partial charge in [0.05, 0.1) is 6.61 Å². The molecule has 0 saturated heterocycles. The Morgan fingerprint density at radius 1 is 1.71 bits per heavy atom. The summed E-state index contributed by atoms with van der Waals surface area (Å²) in [6.45, 7) is 6.27. The van der Waals surface area contributed by atoms with Gasteiger partial charge in [-0.05, 0) is 13.3 Å². The number of carbonyl (C=O) groups excluding carboxylic acids is 1. The predicted molar refractivity (Wildman–Crippen MR) is 56.7 cm³/mol. The third-order valence-corrected chi connectivity index (χ3v) is 1.89. The van der Waals surface area contributed by atoms with E-state index >= 15 is 0 Å². The van der Waals surface area contributed by atoms with Crippen LogP contribution in [-0.4, -0.2) is 41.7 Å². The molecule has 0 rings (SSSR count). The maximum atomic E-state index is 11.5. The molecule has 1 amide bonds. The maximum absolute atomic E-state index is 11.5. The molecule has 0 aliphatic carbocycles. The van der Waals surface area contributed by atoms with E-state index in [0.29, 0.717) is 25.9 Å². The number of hydrogen-bond donors (Lipinski definition) is 2. The highest BCUT2D eigenvalue weighted by atomic mass is 16.3. The summed E-state index contributed by atoms with van der Waals surface area (Å²) >= 11 is 0. The number of rotatable bonds is 7. The number of amides is 1. The number of hydrogen-bond acceptors (Lipinski definition) is 3. The fourth-order valence-corrected chi connectivity index (χ4v) is 1.10. The Hall–Kier alpha value is -0.870. The first-order valence-electron chi connectivity index (χ1n) is 4.87. The number of nitrogens with two attached hydrogens (primary N) is 1. The van der Waals surface area contributed by atoms with Gasteiger partial charge < -0.3 is 15.7 Å². The van der Waals surface area contributed by atoms with E-state index in [1.807, 2.05) is 6.92 Å². The quantitative estimate of drug-likeness (QED) is 0.574. The zero-order valence-electron chi connectivity index (χ0n) is 8.78. The van der Waals surface area contributed by atoms with Crippen molar-refractivity contribution in [1.29, 1.82) is 0 Å². The average Bonchev–Trinajstić information content (AvgIpc) is 2.14. The molecule has 0 bridgehead atoms. The summed E-state index contributed by atoms with van der Waals surface area (Å²) in [7, 11) is 0. The molecule has 1 unspecified atom stereocenters. The van der Waals surface area contributed by atoms with Crippen LogP contribution in [0.4, 0.5) is 0 Å². The Labute approximate surface area is 85.4 Å². The summed E-state index contributed by atoms with van der Waals surface area (Å²) in [5, 5.41) is 8.74. The molecule has 1 atom stereocenters. The highest BCUT2D eigenvalue weighted by molar-refractivity contribution is 5.76. The first-order chi connectivity index (χ1) is 6.61. The van der Waals surface area contributed by atoms with Gasteiger partial charge >= 0.3 is 0 Å². The summed E-state index contributed by atoms with van der Waals surface area (Å²) in [5.74, 6) is 0.0243. The largest absolute Gasteiger partial charge is 0.395 e. The molecule has 0 heterocycles. The minimum Gasteiger partial charge on any atom is -0.395 e. The summed E-state index contributed by atoms with van der Waals surface area (Å²) in [5.41, 5.74) is 5.55. The van der Waals surface area contributed by atoms with Gasteiger partial charge in [0.1, 0.15) is 0 Å². The van der Waals surface area contributed by atoms with Crippen LogP contribution in [0.2, 0.25) is 0 Å². The van der Waals surface area contributed by atoms with Crippen LogP contribution in [0, 0.1) is 0 Å². The van der Waals surface area contributed by atoms with Gasteiger partial charge in [-0.3, -0.25) is 4.79 Å². The Balaban J connectivity index is 3.94. The standard InChI is InChI=1S/C10H20N2O2/c1-3-6-12(7-8-13)10(14)5-4-9(2)11/h3,9,13H,1,4-8,11H2,2H3. The lowest BCUT2D eigenvalue weighted by Crippen LogP contribution is -2.34. The lowest BCUT2D eigenvalue weighted by Gasteiger charge is -2.20. The van der Waals surface area contributed by atoms with E-state index in [-0.39, 0.29) is 18.6 Å². The van der Waals surface area contributed by atoms with Crippen molar-refractivity contribution in [1.82, 2.24) is 4.90 Å². The van der Waals surface area contributed by atoms with Crippen molar-refractivity contribution in [2.45, 2.75) is 25.8 Å². The summed E-state index contributed by atoms with van der Waals surface area (Å²) in [4.78, 5) is 13.1. The van der Waals surface area contributed by atoms with Gasteiger partial charge in [0.2, 0.25) is 5.91 Å². The topological polar surface area (TPSA) is 66.6 Å². The van der Waals surface area contributed by atoms with Crippen molar-refractivity contribution in [2.24, 2.45) is 5.73 Å². The van der Waals surface area contributed by atoms with Gasteiger partial charge in [0, 0.05) is 25.6 Å². The van der Waals surface area contributed by atoms with Gasteiger partial charge in [-0.2, -0.15) is 0 Å². The van der Waals surface area contributed by atoms with Crippen LogP contribution in [0.25, 0.3) is 0 Å². The fraction of sp³-hybridized carbons (Fsp3) is 0.700. The Morgan fingerprint density at radius 2 is 2.36 bits per heavy atom. The lowest BCUT2D eigenvalue weighted by molar-refractivity contribution is -0.131. The van der Waals surface area contributed by atoms with E-state index in [1.165, 1.54) is 0 Å². The van der Waals surface area contributed by atoms with Crippen LogP contribution >= 0.6 is 0 Å². The van der Waals surface area contributed by atoms with Gasteiger partial charge in [-0.25, -0.2) is 0 Å². The SMILES string of the molecule is C=CCN(CCO)C(=O)CCC(C)N. The Morgan fingerprint density at radius 3 is 2.79 bits per heavy atom. The van der Waals surface area contributed by atoms with Crippen LogP contribution in [0.15, 0.2) is 12.7 Å². The summed E-state index contributed by atoms with van der Waals surface area (Å²) < 4.78 is 0. The van der Waals surface area contributed by atoms with Crippen molar-refractivity contribution >= 4 is 5.91 Å². The molecular weight excluding hydrogens is 180 g/mol. The van der Waals surface area contributed by atoms with Crippen molar-refractivity contribution in [3.05, 3.63) is 12.7 Å². The number of aliphatic hydroxyl groups is 1. The monoisotopic (exact) mass is 200 g/mol. The van der Waals surface area contributed by atoms with E-state index in [4.69, 9.17) is 10.8 Å². The number of aliphatic hydroxyl groups excluding tert-OH is 1. The zero-order chi connectivity index (χ0) is 11.0. The molecule has 0 aliphatic heterocycles. The van der Waals surface area contributed by atoms with Crippen LogP contribution in [0.1, 0.15) is 19.8 Å². The second kappa shape index (κ2) is 7.53. The van der Waals surface area contributed by atoms with E-state index in [9.17, 15) is 4.79 Å². The molecule has 4 nitrogen and oxygen atoms in total. The normalized spacial score (nSPS) is 12.2. The second-order valence-electron chi connectivity index (χ2n) is 3.37. The molecular formula is C10H20N2O2. The summed E-state index contributed by atoms with van der Waals surface area (Å²) in [6.07, 6.45) is 2.77. The molecule has 0 fully saturated rings. The van der Waals surface area contributed by atoms with E-state index in [1.54, 1.807) is 11.0 Å². The van der Waals surface area contributed by atoms with Crippen molar-refractivity contribution in [3.63, 3.8) is 0 Å².